The zero-order valence-electron chi connectivity index (χ0n) is 17.5. The van der Waals surface area contributed by atoms with E-state index >= 15 is 0 Å². The molecular weight excluding hydrogens is 394 g/mol. The molecule has 3 aromatic rings. The van der Waals surface area contributed by atoms with Gasteiger partial charge in [-0.1, -0.05) is 71.8 Å². The number of hydrogen-bond donors (Lipinski definition) is 1. The van der Waals surface area contributed by atoms with Gasteiger partial charge in [0.25, 0.3) is 0 Å². The van der Waals surface area contributed by atoms with E-state index in [1.807, 2.05) is 36.4 Å². The molecule has 2 unspecified atom stereocenters. The molecule has 1 fully saturated rings. The lowest BCUT2D eigenvalue weighted by atomic mass is 9.95. The zero-order valence-corrected chi connectivity index (χ0v) is 18.3. The Labute approximate surface area is 183 Å². The van der Waals surface area contributed by atoms with Gasteiger partial charge in [-0.3, -0.25) is 4.90 Å². The van der Waals surface area contributed by atoms with Crippen molar-refractivity contribution < 1.29 is 9.84 Å². The molecule has 1 heterocycles. The van der Waals surface area contributed by atoms with E-state index in [4.69, 9.17) is 16.3 Å². The molecule has 0 radical (unpaired) electrons. The minimum atomic E-state index is -0.546. The molecule has 4 rings (SSSR count). The van der Waals surface area contributed by atoms with Crippen LogP contribution in [0.2, 0.25) is 5.02 Å². The van der Waals surface area contributed by atoms with E-state index in [-0.39, 0.29) is 6.04 Å². The van der Waals surface area contributed by atoms with Crippen LogP contribution in [0.4, 0.5) is 0 Å². The van der Waals surface area contributed by atoms with Crippen molar-refractivity contribution in [1.29, 1.82) is 0 Å². The van der Waals surface area contributed by atoms with Crippen LogP contribution >= 0.6 is 11.6 Å². The molecule has 3 nitrogen and oxygen atoms in total. The van der Waals surface area contributed by atoms with Gasteiger partial charge in [-0.15, -0.1) is 0 Å². The van der Waals surface area contributed by atoms with Gasteiger partial charge in [-0.2, -0.15) is 0 Å². The summed E-state index contributed by atoms with van der Waals surface area (Å²) in [5.41, 5.74) is 3.66. The van der Waals surface area contributed by atoms with Crippen LogP contribution in [0.3, 0.4) is 0 Å². The SMILES string of the molecule is COc1ccc2cc(C(O)C(C)N3CCC(=Cc4ccccc4)CC3)ccc2c1Cl. The standard InChI is InChI=1S/C26H28ClNO2/c1-18(28-14-12-20(13-15-28)16-19-6-4-3-5-7-19)26(29)22-8-10-23-21(17-22)9-11-24(30-2)25(23)27/h3-11,16-18,26,29H,12-15H2,1-2H3. The lowest BCUT2D eigenvalue weighted by Crippen LogP contribution is -2.41. The molecule has 1 saturated heterocycles. The maximum absolute atomic E-state index is 11.1. The molecule has 0 spiro atoms. The molecule has 2 atom stereocenters. The quantitative estimate of drug-likeness (QED) is 0.540. The summed E-state index contributed by atoms with van der Waals surface area (Å²) in [6, 6.07) is 20.4. The van der Waals surface area contributed by atoms with Gasteiger partial charge in [0.05, 0.1) is 18.2 Å². The Morgan fingerprint density at radius 1 is 1.03 bits per heavy atom. The third-order valence-electron chi connectivity index (χ3n) is 6.15. The molecule has 30 heavy (non-hydrogen) atoms. The lowest BCUT2D eigenvalue weighted by Gasteiger charge is -2.36. The van der Waals surface area contributed by atoms with Crippen molar-refractivity contribution in [3.05, 3.63) is 82.4 Å². The highest BCUT2D eigenvalue weighted by atomic mass is 35.5. The molecule has 0 aliphatic carbocycles. The first-order valence-corrected chi connectivity index (χ1v) is 10.9. The van der Waals surface area contributed by atoms with E-state index in [1.165, 1.54) is 11.1 Å². The van der Waals surface area contributed by atoms with E-state index < -0.39 is 6.10 Å². The number of nitrogens with zero attached hydrogens (tertiary/aromatic N) is 1. The fraction of sp³-hybridized carbons (Fsp3) is 0.308. The molecule has 156 valence electrons. The highest BCUT2D eigenvalue weighted by molar-refractivity contribution is 6.37. The van der Waals surface area contributed by atoms with Gasteiger partial charge >= 0.3 is 0 Å². The Morgan fingerprint density at radius 3 is 2.47 bits per heavy atom. The minimum absolute atomic E-state index is 0.0504. The van der Waals surface area contributed by atoms with E-state index in [0.29, 0.717) is 10.8 Å². The molecule has 1 aliphatic rings. The monoisotopic (exact) mass is 421 g/mol. The van der Waals surface area contributed by atoms with Gasteiger partial charge in [0.2, 0.25) is 0 Å². The van der Waals surface area contributed by atoms with Crippen molar-refractivity contribution in [2.45, 2.75) is 31.9 Å². The summed E-state index contributed by atoms with van der Waals surface area (Å²) in [5.74, 6) is 0.665. The Bertz CT molecular complexity index is 1040. The number of likely N-dealkylation sites (tertiary alicyclic amines) is 1. The number of aliphatic hydroxyl groups is 1. The highest BCUT2D eigenvalue weighted by Crippen LogP contribution is 2.35. The number of piperidine rings is 1. The van der Waals surface area contributed by atoms with Crippen molar-refractivity contribution in [2.24, 2.45) is 0 Å². The highest BCUT2D eigenvalue weighted by Gasteiger charge is 2.26. The molecular formula is C26H28ClNO2. The van der Waals surface area contributed by atoms with Crippen LogP contribution in [0.25, 0.3) is 16.8 Å². The molecule has 0 saturated carbocycles. The average Bonchev–Trinajstić information content (AvgIpc) is 2.79. The van der Waals surface area contributed by atoms with E-state index in [2.05, 4.69) is 42.2 Å². The lowest BCUT2D eigenvalue weighted by molar-refractivity contribution is 0.0535. The molecule has 3 aromatic carbocycles. The smallest absolute Gasteiger partial charge is 0.138 e. The first-order chi connectivity index (χ1) is 14.6. The summed E-state index contributed by atoms with van der Waals surface area (Å²) in [5, 5.41) is 13.6. The number of hydrogen-bond acceptors (Lipinski definition) is 3. The Kier molecular flexibility index (Phi) is 6.43. The summed E-state index contributed by atoms with van der Waals surface area (Å²) in [4.78, 5) is 2.39. The van der Waals surface area contributed by atoms with Gasteiger partial charge in [0.1, 0.15) is 5.75 Å². The summed E-state index contributed by atoms with van der Waals surface area (Å²) >= 11 is 6.43. The van der Waals surface area contributed by atoms with Crippen LogP contribution in [0, 0.1) is 0 Å². The van der Waals surface area contributed by atoms with E-state index in [0.717, 1.165) is 42.3 Å². The summed E-state index contributed by atoms with van der Waals surface area (Å²) in [7, 11) is 1.62. The van der Waals surface area contributed by atoms with Crippen molar-refractivity contribution in [3.8, 4) is 5.75 Å². The maximum atomic E-state index is 11.1. The fourth-order valence-corrected chi connectivity index (χ4v) is 4.57. The number of ether oxygens (including phenoxy) is 1. The summed E-state index contributed by atoms with van der Waals surface area (Å²) < 4.78 is 5.30. The summed E-state index contributed by atoms with van der Waals surface area (Å²) in [6.45, 7) is 4.04. The first-order valence-electron chi connectivity index (χ1n) is 10.5. The van der Waals surface area contributed by atoms with Crippen LogP contribution < -0.4 is 4.74 Å². The third kappa shape index (κ3) is 4.39. The Balaban J connectivity index is 1.45. The Hall–Kier alpha value is -2.33. The van der Waals surface area contributed by atoms with Crippen molar-refractivity contribution >= 4 is 28.4 Å². The van der Waals surface area contributed by atoms with Gasteiger partial charge in [0, 0.05) is 24.5 Å². The van der Waals surface area contributed by atoms with Crippen LogP contribution in [0.15, 0.2) is 66.2 Å². The number of fused-ring (bicyclic) bond motifs is 1. The van der Waals surface area contributed by atoms with Gasteiger partial charge in [-0.05, 0) is 48.4 Å². The van der Waals surface area contributed by atoms with Crippen LogP contribution in [-0.4, -0.2) is 36.2 Å². The second kappa shape index (κ2) is 9.22. The van der Waals surface area contributed by atoms with Crippen LogP contribution in [0.5, 0.6) is 5.75 Å². The second-order valence-electron chi connectivity index (χ2n) is 8.00. The van der Waals surface area contributed by atoms with Gasteiger partial charge in [0.15, 0.2) is 0 Å². The number of rotatable bonds is 5. The largest absolute Gasteiger partial charge is 0.495 e. The predicted molar refractivity (Wildman–Crippen MR) is 125 cm³/mol. The molecule has 1 aliphatic heterocycles. The molecule has 1 N–H and O–H groups in total. The van der Waals surface area contributed by atoms with E-state index in [9.17, 15) is 5.11 Å². The van der Waals surface area contributed by atoms with Crippen LogP contribution in [-0.2, 0) is 0 Å². The topological polar surface area (TPSA) is 32.7 Å². The number of aliphatic hydroxyl groups excluding tert-OH is 1. The normalized spacial score (nSPS) is 17.0. The number of methoxy groups -OCH3 is 1. The molecule has 0 aromatic heterocycles. The average molecular weight is 422 g/mol. The van der Waals surface area contributed by atoms with Crippen molar-refractivity contribution in [2.75, 3.05) is 20.2 Å². The van der Waals surface area contributed by atoms with Crippen LogP contribution in [0.1, 0.15) is 37.0 Å². The number of benzene rings is 3. The first kappa shape index (κ1) is 20.9. The molecule has 0 amide bonds. The van der Waals surface area contributed by atoms with Gasteiger partial charge < -0.3 is 9.84 Å². The minimum Gasteiger partial charge on any atom is -0.495 e. The fourth-order valence-electron chi connectivity index (χ4n) is 4.26. The molecule has 4 heteroatoms. The molecule has 0 bridgehead atoms. The number of halogens is 1. The summed E-state index contributed by atoms with van der Waals surface area (Å²) in [6.07, 6.45) is 3.84. The van der Waals surface area contributed by atoms with E-state index in [1.54, 1.807) is 7.11 Å². The zero-order chi connectivity index (χ0) is 21.1. The maximum Gasteiger partial charge on any atom is 0.138 e. The van der Waals surface area contributed by atoms with Gasteiger partial charge in [-0.25, -0.2) is 0 Å². The van der Waals surface area contributed by atoms with Crippen molar-refractivity contribution in [1.82, 2.24) is 4.90 Å². The second-order valence-corrected chi connectivity index (χ2v) is 8.38. The Morgan fingerprint density at radius 2 is 1.77 bits per heavy atom. The third-order valence-corrected chi connectivity index (χ3v) is 6.54. The van der Waals surface area contributed by atoms with Crippen molar-refractivity contribution in [3.63, 3.8) is 0 Å². The predicted octanol–water partition coefficient (Wildman–Crippen LogP) is 6.10.